The van der Waals surface area contributed by atoms with Gasteiger partial charge in [-0.25, -0.2) is 9.37 Å². The molecular weight excluding hydrogens is 245 g/mol. The van der Waals surface area contributed by atoms with E-state index in [2.05, 4.69) is 15.6 Å². The van der Waals surface area contributed by atoms with Crippen LogP contribution in [0.1, 0.15) is 15.9 Å². The van der Waals surface area contributed by atoms with E-state index >= 15 is 0 Å². The number of hydrogen-bond acceptors (Lipinski definition) is 3. The van der Waals surface area contributed by atoms with Crippen LogP contribution in [0.15, 0.2) is 36.5 Å². The number of aryl methyl sites for hydroxylation is 1. The maximum atomic E-state index is 13.1. The standard InChI is InChI=1S/C14H14FN3O/c1-9-7-10(3-5-12(9)15)14(19)18-11-4-6-13(16-2)17-8-11/h3-8H,1-2H3,(H,16,17)(H,18,19). The van der Waals surface area contributed by atoms with Crippen LogP contribution in [0.5, 0.6) is 0 Å². The molecule has 1 aromatic carbocycles. The molecule has 2 aromatic rings. The second-order valence-electron chi connectivity index (χ2n) is 4.10. The number of aromatic nitrogens is 1. The molecule has 0 spiro atoms. The van der Waals surface area contributed by atoms with Gasteiger partial charge in [0, 0.05) is 12.6 Å². The predicted octanol–water partition coefficient (Wildman–Crippen LogP) is 2.82. The van der Waals surface area contributed by atoms with Crippen molar-refractivity contribution in [2.24, 2.45) is 0 Å². The minimum atomic E-state index is -0.323. The van der Waals surface area contributed by atoms with Crippen molar-refractivity contribution in [3.63, 3.8) is 0 Å². The highest BCUT2D eigenvalue weighted by atomic mass is 19.1. The van der Waals surface area contributed by atoms with E-state index in [1.807, 2.05) is 0 Å². The Kier molecular flexibility index (Phi) is 3.75. The van der Waals surface area contributed by atoms with Gasteiger partial charge in [0.25, 0.3) is 5.91 Å². The number of hydrogen-bond donors (Lipinski definition) is 2. The third kappa shape index (κ3) is 3.07. The number of nitrogens with one attached hydrogen (secondary N) is 2. The average molecular weight is 259 g/mol. The number of halogens is 1. The van der Waals surface area contributed by atoms with Crippen molar-refractivity contribution in [3.8, 4) is 0 Å². The average Bonchev–Trinajstić information content (AvgIpc) is 2.42. The summed E-state index contributed by atoms with van der Waals surface area (Å²) < 4.78 is 13.1. The van der Waals surface area contributed by atoms with Crippen molar-refractivity contribution in [2.45, 2.75) is 6.92 Å². The number of amides is 1. The minimum Gasteiger partial charge on any atom is -0.373 e. The molecule has 2 rings (SSSR count). The topological polar surface area (TPSA) is 54.0 Å². The molecule has 0 aliphatic carbocycles. The van der Waals surface area contributed by atoms with Crippen molar-refractivity contribution in [3.05, 3.63) is 53.5 Å². The molecule has 0 saturated heterocycles. The van der Waals surface area contributed by atoms with Gasteiger partial charge in [0.2, 0.25) is 0 Å². The zero-order valence-electron chi connectivity index (χ0n) is 10.7. The van der Waals surface area contributed by atoms with Gasteiger partial charge in [-0.1, -0.05) is 0 Å². The van der Waals surface area contributed by atoms with Gasteiger partial charge in [-0.15, -0.1) is 0 Å². The molecule has 2 N–H and O–H groups in total. The molecular formula is C14H14FN3O. The third-order valence-electron chi connectivity index (χ3n) is 2.70. The fourth-order valence-electron chi connectivity index (χ4n) is 1.60. The van der Waals surface area contributed by atoms with Crippen molar-refractivity contribution < 1.29 is 9.18 Å². The highest BCUT2D eigenvalue weighted by Crippen LogP contribution is 2.13. The normalized spacial score (nSPS) is 10.1. The minimum absolute atomic E-state index is 0.290. The number of anilines is 2. The summed E-state index contributed by atoms with van der Waals surface area (Å²) in [6.45, 7) is 1.62. The smallest absolute Gasteiger partial charge is 0.255 e. The molecule has 0 radical (unpaired) electrons. The quantitative estimate of drug-likeness (QED) is 0.891. The Morgan fingerprint density at radius 3 is 2.63 bits per heavy atom. The van der Waals surface area contributed by atoms with Gasteiger partial charge >= 0.3 is 0 Å². The van der Waals surface area contributed by atoms with Crippen LogP contribution in [-0.4, -0.2) is 17.9 Å². The van der Waals surface area contributed by atoms with Gasteiger partial charge < -0.3 is 10.6 Å². The van der Waals surface area contributed by atoms with Gasteiger partial charge in [0.15, 0.2) is 0 Å². The number of rotatable bonds is 3. The summed E-state index contributed by atoms with van der Waals surface area (Å²) >= 11 is 0. The van der Waals surface area contributed by atoms with E-state index in [0.717, 1.165) is 5.82 Å². The highest BCUT2D eigenvalue weighted by molar-refractivity contribution is 6.04. The molecule has 0 fully saturated rings. The lowest BCUT2D eigenvalue weighted by Gasteiger charge is -2.06. The molecule has 0 aliphatic heterocycles. The first-order valence-corrected chi connectivity index (χ1v) is 5.81. The number of carbonyl (C=O) groups excluding carboxylic acids is 1. The van der Waals surface area contributed by atoms with Crippen molar-refractivity contribution in [1.82, 2.24) is 4.98 Å². The Morgan fingerprint density at radius 2 is 2.05 bits per heavy atom. The first kappa shape index (κ1) is 13.0. The molecule has 5 heteroatoms. The van der Waals surface area contributed by atoms with Gasteiger partial charge in [-0.3, -0.25) is 4.79 Å². The Labute approximate surface area is 110 Å². The maximum absolute atomic E-state index is 13.1. The van der Waals surface area contributed by atoms with Crippen molar-refractivity contribution in [2.75, 3.05) is 17.7 Å². The van der Waals surface area contributed by atoms with E-state index in [1.54, 1.807) is 32.3 Å². The molecule has 0 unspecified atom stereocenters. The molecule has 1 amide bonds. The van der Waals surface area contributed by atoms with E-state index in [1.165, 1.54) is 18.2 Å². The molecule has 1 aromatic heterocycles. The molecule has 0 atom stereocenters. The summed E-state index contributed by atoms with van der Waals surface area (Å²) in [5.74, 6) is 0.106. The summed E-state index contributed by atoms with van der Waals surface area (Å²) in [5, 5.41) is 5.59. The van der Waals surface area contributed by atoms with Crippen molar-refractivity contribution in [1.29, 1.82) is 0 Å². The van der Waals surface area contributed by atoms with Gasteiger partial charge in [0.1, 0.15) is 11.6 Å². The summed E-state index contributed by atoms with van der Waals surface area (Å²) in [6.07, 6.45) is 1.56. The Bertz CT molecular complexity index is 596. The monoisotopic (exact) mass is 259 g/mol. The Hall–Kier alpha value is -2.43. The summed E-state index contributed by atoms with van der Waals surface area (Å²) in [5.41, 5.74) is 1.44. The second-order valence-corrected chi connectivity index (χ2v) is 4.10. The SMILES string of the molecule is CNc1ccc(NC(=O)c2ccc(F)c(C)c2)cn1. The van der Waals surface area contributed by atoms with Crippen LogP contribution in [0.2, 0.25) is 0 Å². The second kappa shape index (κ2) is 5.48. The van der Waals surface area contributed by atoms with E-state index in [4.69, 9.17) is 0 Å². The summed E-state index contributed by atoms with van der Waals surface area (Å²) in [6, 6.07) is 7.75. The van der Waals surface area contributed by atoms with Crippen LogP contribution in [0.25, 0.3) is 0 Å². The lowest BCUT2D eigenvalue weighted by molar-refractivity contribution is 0.102. The van der Waals surface area contributed by atoms with Crippen LogP contribution in [0.3, 0.4) is 0 Å². The lowest BCUT2D eigenvalue weighted by atomic mass is 10.1. The summed E-state index contributed by atoms with van der Waals surface area (Å²) in [7, 11) is 1.77. The number of nitrogens with zero attached hydrogens (tertiary/aromatic N) is 1. The number of carbonyl (C=O) groups is 1. The van der Waals surface area contributed by atoms with Crippen LogP contribution in [0, 0.1) is 12.7 Å². The highest BCUT2D eigenvalue weighted by Gasteiger charge is 2.08. The number of benzene rings is 1. The van der Waals surface area contributed by atoms with Gasteiger partial charge in [0.05, 0.1) is 11.9 Å². The van der Waals surface area contributed by atoms with E-state index in [-0.39, 0.29) is 11.7 Å². The number of pyridine rings is 1. The Morgan fingerprint density at radius 1 is 1.26 bits per heavy atom. The summed E-state index contributed by atoms with van der Waals surface area (Å²) in [4.78, 5) is 16.0. The fourth-order valence-corrected chi connectivity index (χ4v) is 1.60. The van der Waals surface area contributed by atoms with E-state index in [0.29, 0.717) is 16.8 Å². The molecule has 0 saturated carbocycles. The molecule has 1 heterocycles. The molecule has 98 valence electrons. The van der Waals surface area contributed by atoms with Crippen LogP contribution in [0.4, 0.5) is 15.9 Å². The fraction of sp³-hybridized carbons (Fsp3) is 0.143. The van der Waals surface area contributed by atoms with Crippen LogP contribution >= 0.6 is 0 Å². The first-order valence-electron chi connectivity index (χ1n) is 5.81. The van der Waals surface area contributed by atoms with E-state index < -0.39 is 0 Å². The van der Waals surface area contributed by atoms with Crippen molar-refractivity contribution >= 4 is 17.4 Å². The maximum Gasteiger partial charge on any atom is 0.255 e. The van der Waals surface area contributed by atoms with Crippen LogP contribution < -0.4 is 10.6 Å². The van der Waals surface area contributed by atoms with Crippen LogP contribution in [-0.2, 0) is 0 Å². The Balaban J connectivity index is 2.13. The zero-order chi connectivity index (χ0) is 13.8. The molecule has 0 aliphatic rings. The predicted molar refractivity (Wildman–Crippen MR) is 72.9 cm³/mol. The van der Waals surface area contributed by atoms with Gasteiger partial charge in [-0.05, 0) is 42.8 Å². The van der Waals surface area contributed by atoms with Gasteiger partial charge in [-0.2, -0.15) is 0 Å². The zero-order valence-corrected chi connectivity index (χ0v) is 10.7. The molecule has 0 bridgehead atoms. The lowest BCUT2D eigenvalue weighted by Crippen LogP contribution is -2.12. The first-order chi connectivity index (χ1) is 9.10. The molecule has 19 heavy (non-hydrogen) atoms. The van der Waals surface area contributed by atoms with E-state index in [9.17, 15) is 9.18 Å². The largest absolute Gasteiger partial charge is 0.373 e. The third-order valence-corrected chi connectivity index (χ3v) is 2.70. The molecule has 4 nitrogen and oxygen atoms in total.